The Bertz CT molecular complexity index is 276. The zero-order chi connectivity index (χ0) is 11.6. The van der Waals surface area contributed by atoms with Gasteiger partial charge in [-0.3, -0.25) is 9.89 Å². The van der Waals surface area contributed by atoms with Crippen LogP contribution in [0.25, 0.3) is 0 Å². The number of thioether (sulfide) groups is 1. The van der Waals surface area contributed by atoms with Crippen molar-refractivity contribution in [2.75, 3.05) is 12.9 Å². The Kier molecular flexibility index (Phi) is 4.02. The van der Waals surface area contributed by atoms with Crippen LogP contribution in [-0.2, 0) is 0 Å². The van der Waals surface area contributed by atoms with E-state index in [4.69, 9.17) is 0 Å². The number of nitrogens with zero attached hydrogens (tertiary/aromatic N) is 3. The summed E-state index contributed by atoms with van der Waals surface area (Å²) in [6, 6.07) is 0.429. The first-order chi connectivity index (χ1) is 6.93. The SMILES string of the molecule is CC(C)N=C1SCN(C)C(=O)N1C(C)C. The number of carbonyl (C=O) groups excluding carboxylic acids is 1. The van der Waals surface area contributed by atoms with Crippen molar-refractivity contribution in [1.82, 2.24) is 9.80 Å². The number of carbonyl (C=O) groups is 1. The van der Waals surface area contributed by atoms with Crippen LogP contribution in [0.4, 0.5) is 4.79 Å². The maximum absolute atomic E-state index is 11.9. The third kappa shape index (κ3) is 2.87. The fraction of sp³-hybridized carbons (Fsp3) is 0.800. The molecule has 0 aromatic carbocycles. The Hall–Kier alpha value is -0.710. The lowest BCUT2D eigenvalue weighted by Gasteiger charge is -2.36. The summed E-state index contributed by atoms with van der Waals surface area (Å²) < 4.78 is 0. The van der Waals surface area contributed by atoms with Crippen LogP contribution in [-0.4, -0.2) is 46.0 Å². The standard InChI is InChI=1S/C10H19N3OS/c1-7(2)11-9-13(8(3)4)10(14)12(5)6-15-9/h7-8H,6H2,1-5H3. The van der Waals surface area contributed by atoms with E-state index in [1.165, 1.54) is 0 Å². The zero-order valence-electron chi connectivity index (χ0n) is 10.0. The maximum atomic E-state index is 11.9. The predicted octanol–water partition coefficient (Wildman–Crippen LogP) is 2.22. The van der Waals surface area contributed by atoms with E-state index in [9.17, 15) is 4.79 Å². The van der Waals surface area contributed by atoms with Crippen LogP contribution in [0.3, 0.4) is 0 Å². The molecule has 1 saturated heterocycles. The van der Waals surface area contributed by atoms with Crippen molar-refractivity contribution in [2.45, 2.75) is 39.8 Å². The van der Waals surface area contributed by atoms with Crippen LogP contribution in [0, 0.1) is 0 Å². The van der Waals surface area contributed by atoms with E-state index in [2.05, 4.69) is 4.99 Å². The molecule has 0 aromatic heterocycles. The van der Waals surface area contributed by atoms with Crippen molar-refractivity contribution < 1.29 is 4.79 Å². The van der Waals surface area contributed by atoms with Crippen molar-refractivity contribution in [3.8, 4) is 0 Å². The third-order valence-corrected chi connectivity index (χ3v) is 3.09. The van der Waals surface area contributed by atoms with Crippen molar-refractivity contribution in [3.63, 3.8) is 0 Å². The fourth-order valence-electron chi connectivity index (χ4n) is 1.31. The van der Waals surface area contributed by atoms with E-state index in [-0.39, 0.29) is 18.1 Å². The van der Waals surface area contributed by atoms with Gasteiger partial charge in [0.25, 0.3) is 0 Å². The normalized spacial score (nSPS) is 21.0. The maximum Gasteiger partial charge on any atom is 0.326 e. The summed E-state index contributed by atoms with van der Waals surface area (Å²) in [6.45, 7) is 8.06. The second-order valence-electron chi connectivity index (χ2n) is 4.22. The van der Waals surface area contributed by atoms with Gasteiger partial charge in [0.1, 0.15) is 0 Å². The number of amidine groups is 1. The van der Waals surface area contributed by atoms with Gasteiger partial charge in [-0.1, -0.05) is 11.8 Å². The van der Waals surface area contributed by atoms with Gasteiger partial charge in [0.2, 0.25) is 0 Å². The average Bonchev–Trinajstić information content (AvgIpc) is 2.10. The molecule has 0 spiro atoms. The molecule has 0 saturated carbocycles. The summed E-state index contributed by atoms with van der Waals surface area (Å²) in [6.07, 6.45) is 0. The Balaban J connectivity index is 2.92. The van der Waals surface area contributed by atoms with Crippen LogP contribution < -0.4 is 0 Å². The average molecular weight is 229 g/mol. The molecule has 5 heteroatoms. The minimum Gasteiger partial charge on any atom is -0.318 e. The van der Waals surface area contributed by atoms with Gasteiger partial charge in [0.05, 0.1) is 5.88 Å². The van der Waals surface area contributed by atoms with Gasteiger partial charge >= 0.3 is 6.03 Å². The minimum atomic E-state index is 0.0446. The Morgan fingerprint density at radius 1 is 1.33 bits per heavy atom. The van der Waals surface area contributed by atoms with Gasteiger partial charge in [0.15, 0.2) is 5.17 Å². The molecule has 1 heterocycles. The lowest BCUT2D eigenvalue weighted by molar-refractivity contribution is 0.183. The molecule has 4 nitrogen and oxygen atoms in total. The van der Waals surface area contributed by atoms with E-state index < -0.39 is 0 Å². The number of urea groups is 1. The van der Waals surface area contributed by atoms with Crippen LogP contribution >= 0.6 is 11.8 Å². The number of hydrogen-bond donors (Lipinski definition) is 0. The highest BCUT2D eigenvalue weighted by atomic mass is 32.2. The predicted molar refractivity (Wildman–Crippen MR) is 65.2 cm³/mol. The molecule has 0 radical (unpaired) electrons. The van der Waals surface area contributed by atoms with Crippen LogP contribution in [0.15, 0.2) is 4.99 Å². The number of aliphatic imine (C=N–C) groups is 1. The molecule has 15 heavy (non-hydrogen) atoms. The highest BCUT2D eigenvalue weighted by Crippen LogP contribution is 2.22. The second kappa shape index (κ2) is 4.88. The summed E-state index contributed by atoms with van der Waals surface area (Å²) in [5.74, 6) is 0.688. The molecule has 0 bridgehead atoms. The van der Waals surface area contributed by atoms with Gasteiger partial charge in [-0.25, -0.2) is 4.79 Å². The highest BCUT2D eigenvalue weighted by molar-refractivity contribution is 8.13. The highest BCUT2D eigenvalue weighted by Gasteiger charge is 2.30. The first-order valence-electron chi connectivity index (χ1n) is 5.18. The number of hydrogen-bond acceptors (Lipinski definition) is 3. The lowest BCUT2D eigenvalue weighted by atomic mass is 10.3. The Morgan fingerprint density at radius 3 is 2.40 bits per heavy atom. The second-order valence-corrected chi connectivity index (χ2v) is 5.14. The van der Waals surface area contributed by atoms with E-state index in [1.54, 1.807) is 21.6 Å². The summed E-state index contributed by atoms with van der Waals surface area (Å²) in [4.78, 5) is 19.9. The Morgan fingerprint density at radius 2 is 1.93 bits per heavy atom. The van der Waals surface area contributed by atoms with Crippen molar-refractivity contribution in [1.29, 1.82) is 0 Å². The molecule has 0 aromatic rings. The monoisotopic (exact) mass is 229 g/mol. The number of amides is 2. The van der Waals surface area contributed by atoms with Gasteiger partial charge < -0.3 is 4.90 Å². The molecule has 1 fully saturated rings. The molecule has 1 aliphatic heterocycles. The lowest BCUT2D eigenvalue weighted by Crippen LogP contribution is -2.51. The van der Waals surface area contributed by atoms with Crippen LogP contribution in [0.5, 0.6) is 0 Å². The Labute approximate surface area is 95.7 Å². The first-order valence-corrected chi connectivity index (χ1v) is 6.17. The largest absolute Gasteiger partial charge is 0.326 e. The third-order valence-electron chi connectivity index (χ3n) is 2.01. The van der Waals surface area contributed by atoms with Crippen molar-refractivity contribution in [2.24, 2.45) is 4.99 Å². The van der Waals surface area contributed by atoms with Gasteiger partial charge in [-0.2, -0.15) is 0 Å². The summed E-state index contributed by atoms with van der Waals surface area (Å²) >= 11 is 1.62. The van der Waals surface area contributed by atoms with E-state index >= 15 is 0 Å². The molecule has 0 N–H and O–H groups in total. The molecule has 2 amide bonds. The van der Waals surface area contributed by atoms with Crippen LogP contribution in [0.1, 0.15) is 27.7 Å². The molecular weight excluding hydrogens is 210 g/mol. The van der Waals surface area contributed by atoms with E-state index in [1.807, 2.05) is 34.7 Å². The van der Waals surface area contributed by atoms with Crippen LogP contribution in [0.2, 0.25) is 0 Å². The van der Waals surface area contributed by atoms with Crippen molar-refractivity contribution >= 4 is 23.0 Å². The molecule has 0 aliphatic carbocycles. The molecule has 1 aliphatic rings. The minimum absolute atomic E-state index is 0.0446. The van der Waals surface area contributed by atoms with E-state index in [0.717, 1.165) is 5.17 Å². The smallest absolute Gasteiger partial charge is 0.318 e. The molecular formula is C10H19N3OS. The molecule has 0 atom stereocenters. The van der Waals surface area contributed by atoms with Gasteiger partial charge in [-0.05, 0) is 27.7 Å². The van der Waals surface area contributed by atoms with Crippen molar-refractivity contribution in [3.05, 3.63) is 0 Å². The van der Waals surface area contributed by atoms with Gasteiger partial charge in [-0.15, -0.1) is 0 Å². The van der Waals surface area contributed by atoms with Gasteiger partial charge in [0, 0.05) is 19.1 Å². The summed E-state index contributed by atoms with van der Waals surface area (Å²) in [7, 11) is 1.82. The molecule has 1 rings (SSSR count). The topological polar surface area (TPSA) is 35.9 Å². The zero-order valence-corrected chi connectivity index (χ0v) is 10.8. The van der Waals surface area contributed by atoms with E-state index in [0.29, 0.717) is 5.88 Å². The summed E-state index contributed by atoms with van der Waals surface area (Å²) in [5, 5.41) is 0.850. The summed E-state index contributed by atoms with van der Waals surface area (Å²) in [5.41, 5.74) is 0. The number of rotatable bonds is 2. The quantitative estimate of drug-likeness (QED) is 0.728. The molecule has 86 valence electrons. The molecule has 0 unspecified atom stereocenters. The fourth-order valence-corrected chi connectivity index (χ4v) is 2.44. The first kappa shape index (κ1) is 12.4.